The second-order valence-corrected chi connectivity index (χ2v) is 11.8. The summed E-state index contributed by atoms with van der Waals surface area (Å²) >= 11 is 0. The third-order valence-electron chi connectivity index (χ3n) is 6.74. The molecule has 12 heteroatoms. The Hall–Kier alpha value is -3.84. The van der Waals surface area contributed by atoms with Crippen LogP contribution in [0.5, 0.6) is 23.0 Å². The Morgan fingerprint density at radius 3 is 1.30 bits per heavy atom. The van der Waals surface area contributed by atoms with Crippen LogP contribution >= 0.6 is 0 Å². The topological polar surface area (TPSA) is 147 Å². The molecule has 0 saturated carbocycles. The Balaban J connectivity index is 2.22. The maximum Gasteiger partial charge on any atom is 0.367 e. The van der Waals surface area contributed by atoms with Gasteiger partial charge in [-0.1, -0.05) is 26.0 Å². The summed E-state index contributed by atoms with van der Waals surface area (Å²) in [7, 11) is 10.9. The van der Waals surface area contributed by atoms with Gasteiger partial charge >= 0.3 is 23.9 Å². The Morgan fingerprint density at radius 1 is 0.591 bits per heavy atom. The standard InChI is InChI=1S/C32H46N4O8/c1-21(13-23-9-11-25(41-29(37)17-33-3)27(15-23)43-30(38)18-34-4)22(2)14-24-10-12-26(42-31(39)19-35(5)6)28(16-24)44-32(40)20-36(7)8/h9-12,15-16,21-22,33-34H,13-14,17-20H2,1-8H3/p+4/t21-,22+/m0/s1. The van der Waals surface area contributed by atoms with Gasteiger partial charge in [-0.3, -0.25) is 0 Å². The van der Waals surface area contributed by atoms with Crippen molar-refractivity contribution >= 4 is 23.9 Å². The summed E-state index contributed by atoms with van der Waals surface area (Å²) in [5.41, 5.74) is 1.86. The number of quaternary nitrogens is 4. The smallest absolute Gasteiger partial charge is 0.367 e. The number of carbonyl (C=O) groups is 4. The predicted molar refractivity (Wildman–Crippen MR) is 162 cm³/mol. The van der Waals surface area contributed by atoms with Gasteiger partial charge in [-0.25, -0.2) is 19.2 Å². The number of esters is 4. The Labute approximate surface area is 260 Å². The second-order valence-electron chi connectivity index (χ2n) is 11.8. The first-order valence-corrected chi connectivity index (χ1v) is 15.0. The molecule has 2 aromatic rings. The maximum absolute atomic E-state index is 12.5. The number of hydrogen-bond acceptors (Lipinski definition) is 8. The molecular formula is C32H50N4O8+4. The van der Waals surface area contributed by atoms with Gasteiger partial charge < -0.3 is 39.4 Å². The second kappa shape index (κ2) is 18.1. The fourth-order valence-corrected chi connectivity index (χ4v) is 4.39. The molecule has 0 spiro atoms. The third-order valence-corrected chi connectivity index (χ3v) is 6.74. The molecule has 2 atom stereocenters. The molecule has 0 bridgehead atoms. The van der Waals surface area contributed by atoms with Gasteiger partial charge in [0.25, 0.3) is 0 Å². The largest absolute Gasteiger partial charge is 0.418 e. The SMILES string of the molecule is C[NH2+]CC(=O)Oc1ccc(C[C@H](C)[C@H](C)Cc2ccc(OC(=O)C[NH+](C)C)c(OC(=O)C[NH+](C)C)c2)cc1OC(=O)C[NH2+]C. The van der Waals surface area contributed by atoms with Crippen molar-refractivity contribution in [2.24, 2.45) is 11.8 Å². The number of nitrogens with one attached hydrogen (secondary N) is 2. The van der Waals surface area contributed by atoms with Crippen LogP contribution in [0.25, 0.3) is 0 Å². The first-order valence-electron chi connectivity index (χ1n) is 15.0. The molecule has 0 aliphatic heterocycles. The first-order chi connectivity index (χ1) is 20.8. The lowest BCUT2D eigenvalue weighted by atomic mass is 9.85. The molecule has 0 aliphatic rings. The zero-order valence-corrected chi connectivity index (χ0v) is 27.3. The van der Waals surface area contributed by atoms with Crippen LogP contribution in [0.15, 0.2) is 36.4 Å². The number of ether oxygens (including phenoxy) is 4. The zero-order chi connectivity index (χ0) is 32.8. The normalized spacial score (nSPS) is 12.5. The molecule has 2 aromatic carbocycles. The van der Waals surface area contributed by atoms with Crippen molar-refractivity contribution in [2.45, 2.75) is 26.7 Å². The van der Waals surface area contributed by atoms with E-state index in [1.807, 2.05) is 40.3 Å². The number of nitrogens with two attached hydrogens (primary N) is 2. The van der Waals surface area contributed by atoms with E-state index in [2.05, 4.69) is 13.8 Å². The van der Waals surface area contributed by atoms with Crippen molar-refractivity contribution in [3.8, 4) is 23.0 Å². The minimum Gasteiger partial charge on any atom is -0.418 e. The Morgan fingerprint density at radius 2 is 0.932 bits per heavy atom. The van der Waals surface area contributed by atoms with E-state index < -0.39 is 23.9 Å². The van der Waals surface area contributed by atoms with Gasteiger partial charge in [-0.2, -0.15) is 0 Å². The molecule has 0 heterocycles. The lowest BCUT2D eigenvalue weighted by Crippen LogP contribution is -3.06. The summed E-state index contributed by atoms with van der Waals surface area (Å²) in [5, 5.41) is 3.39. The number of benzene rings is 2. The van der Waals surface area contributed by atoms with Crippen LogP contribution in [0, 0.1) is 11.8 Å². The zero-order valence-electron chi connectivity index (χ0n) is 27.3. The highest BCUT2D eigenvalue weighted by Gasteiger charge is 2.21. The van der Waals surface area contributed by atoms with Crippen molar-refractivity contribution in [1.29, 1.82) is 0 Å². The third kappa shape index (κ3) is 12.8. The average molecular weight is 619 g/mol. The van der Waals surface area contributed by atoms with Gasteiger partial charge in [0.05, 0.1) is 42.3 Å². The highest BCUT2D eigenvalue weighted by Crippen LogP contribution is 2.33. The Kier molecular flexibility index (Phi) is 14.9. The molecule has 0 aromatic heterocycles. The molecule has 12 nitrogen and oxygen atoms in total. The molecule has 0 aliphatic carbocycles. The number of rotatable bonds is 17. The van der Waals surface area contributed by atoms with Crippen LogP contribution in [0.4, 0.5) is 0 Å². The van der Waals surface area contributed by atoms with Crippen LogP contribution in [0.3, 0.4) is 0 Å². The van der Waals surface area contributed by atoms with Gasteiger partial charge in [0.1, 0.15) is 0 Å². The fraction of sp³-hybridized carbons (Fsp3) is 0.500. The number of carbonyl (C=O) groups excluding carboxylic acids is 4. The minimum atomic E-state index is -0.439. The van der Waals surface area contributed by atoms with Crippen LogP contribution in [0.1, 0.15) is 25.0 Å². The molecule has 6 N–H and O–H groups in total. The highest BCUT2D eigenvalue weighted by molar-refractivity contribution is 5.78. The summed E-state index contributed by atoms with van der Waals surface area (Å²) in [6.45, 7) is 4.88. The molecule has 0 amide bonds. The van der Waals surface area contributed by atoms with E-state index >= 15 is 0 Å². The van der Waals surface area contributed by atoms with Gasteiger partial charge in [-0.15, -0.1) is 0 Å². The lowest BCUT2D eigenvalue weighted by Gasteiger charge is -2.21. The van der Waals surface area contributed by atoms with Gasteiger partial charge in [0.2, 0.25) is 0 Å². The van der Waals surface area contributed by atoms with Crippen LogP contribution in [-0.2, 0) is 32.0 Å². The van der Waals surface area contributed by atoms with E-state index in [0.29, 0.717) is 12.8 Å². The van der Waals surface area contributed by atoms with E-state index in [-0.39, 0.29) is 61.0 Å². The molecule has 2 rings (SSSR count). The highest BCUT2D eigenvalue weighted by atomic mass is 16.6. The first kappa shape index (κ1) is 36.4. The molecule has 0 fully saturated rings. The molecule has 0 radical (unpaired) electrons. The molecule has 0 unspecified atom stereocenters. The van der Waals surface area contributed by atoms with Crippen molar-refractivity contribution in [3.05, 3.63) is 47.5 Å². The van der Waals surface area contributed by atoms with Gasteiger partial charge in [0, 0.05) is 0 Å². The van der Waals surface area contributed by atoms with E-state index in [9.17, 15) is 19.2 Å². The molecule has 0 saturated heterocycles. The average Bonchev–Trinajstić information content (AvgIpc) is 2.91. The van der Waals surface area contributed by atoms with Crippen molar-refractivity contribution in [3.63, 3.8) is 0 Å². The maximum atomic E-state index is 12.5. The quantitative estimate of drug-likeness (QED) is 0.109. The molecule has 44 heavy (non-hydrogen) atoms. The Bertz CT molecular complexity index is 1280. The monoisotopic (exact) mass is 618 g/mol. The lowest BCUT2D eigenvalue weighted by molar-refractivity contribution is -0.850. The van der Waals surface area contributed by atoms with E-state index in [4.69, 9.17) is 18.9 Å². The van der Waals surface area contributed by atoms with Gasteiger partial charge in [-0.05, 0) is 60.1 Å². The summed E-state index contributed by atoms with van der Waals surface area (Å²) < 4.78 is 22.1. The number of likely N-dealkylation sites (N-methyl/N-ethyl adjacent to an activating group) is 4. The van der Waals surface area contributed by atoms with Crippen LogP contribution in [0.2, 0.25) is 0 Å². The minimum absolute atomic E-state index is 0.135. The predicted octanol–water partition coefficient (Wildman–Crippen LogP) is -2.96. The van der Waals surface area contributed by atoms with E-state index in [1.54, 1.807) is 49.0 Å². The summed E-state index contributed by atoms with van der Waals surface area (Å²) in [4.78, 5) is 51.0. The van der Waals surface area contributed by atoms with Crippen molar-refractivity contribution in [1.82, 2.24) is 0 Å². The summed E-state index contributed by atoms with van der Waals surface area (Å²) in [6.07, 6.45) is 1.36. The van der Waals surface area contributed by atoms with Crippen molar-refractivity contribution in [2.75, 3.05) is 68.5 Å². The fourth-order valence-electron chi connectivity index (χ4n) is 4.39. The number of hydrogen-bond donors (Lipinski definition) is 4. The van der Waals surface area contributed by atoms with Gasteiger partial charge in [0.15, 0.2) is 49.2 Å². The van der Waals surface area contributed by atoms with E-state index in [1.165, 1.54) is 0 Å². The van der Waals surface area contributed by atoms with Crippen LogP contribution in [-0.4, -0.2) is 92.3 Å². The molecular weight excluding hydrogens is 568 g/mol. The summed E-state index contributed by atoms with van der Waals surface area (Å²) in [5.74, 6) is -0.460. The summed E-state index contributed by atoms with van der Waals surface area (Å²) in [6, 6.07) is 10.6. The van der Waals surface area contributed by atoms with E-state index in [0.717, 1.165) is 20.9 Å². The van der Waals surface area contributed by atoms with Crippen molar-refractivity contribution < 1.29 is 58.6 Å². The van der Waals surface area contributed by atoms with Crippen LogP contribution < -0.4 is 39.4 Å². The molecule has 242 valence electrons.